The SMILES string of the molecule is CCOc1ccc(NC(=O)[C@@H]2CCCN(c3nc(-c4ccc(OC)cc4)no3)C2)cc1. The highest BCUT2D eigenvalue weighted by Gasteiger charge is 2.28. The van der Waals surface area contributed by atoms with Crippen molar-refractivity contribution in [2.24, 2.45) is 5.92 Å². The van der Waals surface area contributed by atoms with Gasteiger partial charge in [-0.05, 0) is 68.3 Å². The second kappa shape index (κ2) is 9.51. The molecule has 1 amide bonds. The monoisotopic (exact) mass is 422 g/mol. The molecule has 1 fully saturated rings. The lowest BCUT2D eigenvalue weighted by molar-refractivity contribution is -0.120. The first kappa shape index (κ1) is 20.7. The highest BCUT2D eigenvalue weighted by Crippen LogP contribution is 2.26. The van der Waals surface area contributed by atoms with Crippen molar-refractivity contribution in [3.63, 3.8) is 0 Å². The van der Waals surface area contributed by atoms with Gasteiger partial charge in [0.15, 0.2) is 0 Å². The lowest BCUT2D eigenvalue weighted by Crippen LogP contribution is -2.41. The lowest BCUT2D eigenvalue weighted by Gasteiger charge is -2.30. The fourth-order valence-corrected chi connectivity index (χ4v) is 3.61. The third kappa shape index (κ3) is 4.96. The molecule has 0 bridgehead atoms. The zero-order valence-corrected chi connectivity index (χ0v) is 17.7. The summed E-state index contributed by atoms with van der Waals surface area (Å²) in [5.74, 6) is 1.90. The van der Waals surface area contributed by atoms with Gasteiger partial charge in [-0.25, -0.2) is 0 Å². The summed E-state index contributed by atoms with van der Waals surface area (Å²) in [5.41, 5.74) is 1.60. The van der Waals surface area contributed by atoms with Gasteiger partial charge in [-0.3, -0.25) is 4.79 Å². The molecule has 1 aromatic heterocycles. The summed E-state index contributed by atoms with van der Waals surface area (Å²) in [7, 11) is 1.63. The van der Waals surface area contributed by atoms with Crippen molar-refractivity contribution in [1.82, 2.24) is 10.1 Å². The highest BCUT2D eigenvalue weighted by atomic mass is 16.5. The van der Waals surface area contributed by atoms with E-state index in [0.717, 1.165) is 42.1 Å². The van der Waals surface area contributed by atoms with E-state index in [1.165, 1.54) is 0 Å². The van der Waals surface area contributed by atoms with Crippen LogP contribution in [-0.2, 0) is 4.79 Å². The van der Waals surface area contributed by atoms with E-state index in [-0.39, 0.29) is 11.8 Å². The number of anilines is 2. The molecule has 31 heavy (non-hydrogen) atoms. The third-order valence-corrected chi connectivity index (χ3v) is 5.26. The summed E-state index contributed by atoms with van der Waals surface area (Å²) in [6, 6.07) is 15.3. The molecule has 162 valence electrons. The molecule has 3 aromatic rings. The molecule has 0 aliphatic carbocycles. The Kier molecular flexibility index (Phi) is 6.35. The van der Waals surface area contributed by atoms with Crippen LogP contribution in [0.4, 0.5) is 11.7 Å². The van der Waals surface area contributed by atoms with Gasteiger partial charge in [0.25, 0.3) is 0 Å². The van der Waals surface area contributed by atoms with Gasteiger partial charge in [0.05, 0.1) is 19.6 Å². The molecule has 1 saturated heterocycles. The fourth-order valence-electron chi connectivity index (χ4n) is 3.61. The summed E-state index contributed by atoms with van der Waals surface area (Å²) < 4.78 is 16.1. The van der Waals surface area contributed by atoms with Gasteiger partial charge in [0.2, 0.25) is 11.7 Å². The van der Waals surface area contributed by atoms with E-state index in [4.69, 9.17) is 14.0 Å². The normalized spacial score (nSPS) is 16.1. The van der Waals surface area contributed by atoms with Crippen LogP contribution in [-0.4, -0.2) is 42.9 Å². The zero-order valence-electron chi connectivity index (χ0n) is 17.7. The number of amides is 1. The number of hydrogen-bond acceptors (Lipinski definition) is 7. The molecule has 1 aliphatic heterocycles. The number of hydrogen-bond donors (Lipinski definition) is 1. The first-order valence-electron chi connectivity index (χ1n) is 10.4. The van der Waals surface area contributed by atoms with Crippen molar-refractivity contribution in [2.75, 3.05) is 37.0 Å². The molecule has 1 aliphatic rings. The molecule has 0 radical (unpaired) electrons. The summed E-state index contributed by atoms with van der Waals surface area (Å²) >= 11 is 0. The Hall–Kier alpha value is -3.55. The maximum atomic E-state index is 12.8. The number of methoxy groups -OCH3 is 1. The van der Waals surface area contributed by atoms with Gasteiger partial charge in [0, 0.05) is 24.3 Å². The summed E-state index contributed by atoms with van der Waals surface area (Å²) in [4.78, 5) is 19.3. The predicted molar refractivity (Wildman–Crippen MR) is 117 cm³/mol. The minimum atomic E-state index is -0.156. The summed E-state index contributed by atoms with van der Waals surface area (Å²) in [6.07, 6.45) is 1.69. The van der Waals surface area contributed by atoms with E-state index in [1.807, 2.05) is 60.4 Å². The van der Waals surface area contributed by atoms with Crippen LogP contribution < -0.4 is 19.7 Å². The molecule has 1 N–H and O–H groups in total. The standard InChI is InChI=1S/C23H26N4O4/c1-3-30-20-12-8-18(9-13-20)24-22(28)17-5-4-14-27(15-17)23-25-21(26-31-23)16-6-10-19(29-2)11-7-16/h6-13,17H,3-5,14-15H2,1-2H3,(H,24,28)/t17-/m1/s1. The Balaban J connectivity index is 1.38. The maximum Gasteiger partial charge on any atom is 0.324 e. The van der Waals surface area contributed by atoms with E-state index in [9.17, 15) is 4.79 Å². The second-order valence-electron chi connectivity index (χ2n) is 7.36. The minimum absolute atomic E-state index is 0.0104. The van der Waals surface area contributed by atoms with E-state index in [2.05, 4.69) is 15.5 Å². The van der Waals surface area contributed by atoms with Gasteiger partial charge in [0.1, 0.15) is 11.5 Å². The number of ether oxygens (including phenoxy) is 2. The molecule has 4 rings (SSSR count). The van der Waals surface area contributed by atoms with Gasteiger partial charge >= 0.3 is 6.01 Å². The van der Waals surface area contributed by atoms with Crippen molar-refractivity contribution in [2.45, 2.75) is 19.8 Å². The van der Waals surface area contributed by atoms with Gasteiger partial charge < -0.3 is 24.2 Å². The van der Waals surface area contributed by atoms with Crippen LogP contribution in [0.2, 0.25) is 0 Å². The van der Waals surface area contributed by atoms with Gasteiger partial charge in [-0.2, -0.15) is 4.98 Å². The number of nitrogens with one attached hydrogen (secondary N) is 1. The first-order valence-corrected chi connectivity index (χ1v) is 10.4. The number of rotatable bonds is 7. The lowest BCUT2D eigenvalue weighted by atomic mass is 9.97. The van der Waals surface area contributed by atoms with Crippen LogP contribution in [0.25, 0.3) is 11.4 Å². The third-order valence-electron chi connectivity index (χ3n) is 5.26. The van der Waals surface area contributed by atoms with Crippen molar-refractivity contribution >= 4 is 17.6 Å². The minimum Gasteiger partial charge on any atom is -0.497 e. The number of carbonyl (C=O) groups excluding carboxylic acids is 1. The molecular weight excluding hydrogens is 396 g/mol. The van der Waals surface area contributed by atoms with E-state index in [0.29, 0.717) is 25.0 Å². The maximum absolute atomic E-state index is 12.8. The Morgan fingerprint density at radius 3 is 2.61 bits per heavy atom. The van der Waals surface area contributed by atoms with Gasteiger partial charge in [-0.15, -0.1) is 0 Å². The van der Waals surface area contributed by atoms with E-state index in [1.54, 1.807) is 7.11 Å². The smallest absolute Gasteiger partial charge is 0.324 e. The topological polar surface area (TPSA) is 89.7 Å². The molecule has 0 spiro atoms. The van der Waals surface area contributed by atoms with Crippen molar-refractivity contribution in [3.05, 3.63) is 48.5 Å². The fraction of sp³-hybridized carbons (Fsp3) is 0.348. The van der Waals surface area contributed by atoms with Crippen LogP contribution >= 0.6 is 0 Å². The van der Waals surface area contributed by atoms with Crippen LogP contribution in [0.15, 0.2) is 53.1 Å². The zero-order chi connectivity index (χ0) is 21.6. The Bertz CT molecular complexity index is 1000. The van der Waals surface area contributed by atoms with Crippen LogP contribution in [0.3, 0.4) is 0 Å². The molecule has 1 atom stereocenters. The average Bonchev–Trinajstić information content (AvgIpc) is 3.31. The van der Waals surface area contributed by atoms with Crippen LogP contribution in [0, 0.1) is 5.92 Å². The largest absolute Gasteiger partial charge is 0.497 e. The van der Waals surface area contributed by atoms with Crippen LogP contribution in [0.1, 0.15) is 19.8 Å². The number of carbonyl (C=O) groups is 1. The molecule has 0 saturated carbocycles. The summed E-state index contributed by atoms with van der Waals surface area (Å²) in [5, 5.41) is 7.09. The quantitative estimate of drug-likeness (QED) is 0.615. The number of benzene rings is 2. The molecule has 2 aromatic carbocycles. The van der Waals surface area contributed by atoms with Crippen LogP contribution in [0.5, 0.6) is 11.5 Å². The average molecular weight is 422 g/mol. The molecule has 8 heteroatoms. The van der Waals surface area contributed by atoms with E-state index >= 15 is 0 Å². The van der Waals surface area contributed by atoms with Crippen molar-refractivity contribution in [3.8, 4) is 22.9 Å². The molecule has 0 unspecified atom stereocenters. The Morgan fingerprint density at radius 1 is 1.16 bits per heavy atom. The molecular formula is C23H26N4O4. The van der Waals surface area contributed by atoms with Gasteiger partial charge in [-0.1, -0.05) is 5.16 Å². The molecule has 2 heterocycles. The molecule has 8 nitrogen and oxygen atoms in total. The predicted octanol–water partition coefficient (Wildman–Crippen LogP) is 4.00. The Morgan fingerprint density at radius 2 is 1.90 bits per heavy atom. The number of nitrogens with zero attached hydrogens (tertiary/aromatic N) is 3. The highest BCUT2D eigenvalue weighted by molar-refractivity contribution is 5.93. The van der Waals surface area contributed by atoms with Crippen molar-refractivity contribution < 1.29 is 18.8 Å². The first-order chi connectivity index (χ1) is 15.2. The number of aromatic nitrogens is 2. The summed E-state index contributed by atoms with van der Waals surface area (Å²) in [6.45, 7) is 3.86. The second-order valence-corrected chi connectivity index (χ2v) is 7.36. The number of piperidine rings is 1. The Labute approximate surface area is 181 Å². The van der Waals surface area contributed by atoms with Crippen molar-refractivity contribution in [1.29, 1.82) is 0 Å². The van der Waals surface area contributed by atoms with E-state index < -0.39 is 0 Å².